The minimum absolute atomic E-state index is 0.0979. The monoisotopic (exact) mass is 382 g/mol. The van der Waals surface area contributed by atoms with E-state index < -0.39 is 0 Å². The number of nitrogens with zero attached hydrogens (tertiary/aromatic N) is 2. The Balaban J connectivity index is 1.65. The second-order valence-electron chi connectivity index (χ2n) is 7.14. The van der Waals surface area contributed by atoms with Crippen LogP contribution in [0.1, 0.15) is 27.2 Å². The van der Waals surface area contributed by atoms with Crippen molar-refractivity contribution < 1.29 is 14.3 Å². The Morgan fingerprint density at radius 3 is 2.46 bits per heavy atom. The summed E-state index contributed by atoms with van der Waals surface area (Å²) in [6.07, 6.45) is 0.625. The zero-order valence-electron chi connectivity index (χ0n) is 16.1. The molecule has 1 saturated heterocycles. The highest BCUT2D eigenvalue weighted by molar-refractivity contribution is 6.32. The predicted molar refractivity (Wildman–Crippen MR) is 105 cm³/mol. The molecule has 0 N–H and O–H groups in total. The first-order valence-corrected chi connectivity index (χ1v) is 9.85. The molecule has 1 aliphatic heterocycles. The molecule has 0 bridgehead atoms. The van der Waals surface area contributed by atoms with E-state index in [-0.39, 0.29) is 12.0 Å². The van der Waals surface area contributed by atoms with Crippen molar-refractivity contribution in [1.82, 2.24) is 9.80 Å². The van der Waals surface area contributed by atoms with Crippen LogP contribution in [0.25, 0.3) is 0 Å². The van der Waals surface area contributed by atoms with Gasteiger partial charge in [-0.1, -0.05) is 37.6 Å². The Morgan fingerprint density at radius 2 is 1.81 bits per heavy atom. The molecule has 1 aromatic carbocycles. The molecular formula is C20H31ClN2O3. The van der Waals surface area contributed by atoms with Gasteiger partial charge in [0.2, 0.25) is 0 Å². The third kappa shape index (κ3) is 6.78. The Kier molecular flexibility index (Phi) is 8.69. The lowest BCUT2D eigenvalue weighted by molar-refractivity contribution is -0.144. The molecule has 26 heavy (non-hydrogen) atoms. The normalized spacial score (nSPS) is 16.7. The smallest absolute Gasteiger partial charge is 0.251 e. The lowest BCUT2D eigenvalue weighted by Crippen LogP contribution is -2.52. The van der Waals surface area contributed by atoms with Crippen LogP contribution in [0.4, 0.5) is 0 Å². The van der Waals surface area contributed by atoms with Gasteiger partial charge in [0.05, 0.1) is 5.02 Å². The number of halogens is 1. The van der Waals surface area contributed by atoms with Crippen LogP contribution < -0.4 is 4.74 Å². The van der Waals surface area contributed by atoms with Gasteiger partial charge < -0.3 is 14.4 Å². The Labute approximate surface area is 162 Å². The molecule has 6 heteroatoms. The number of ether oxygens (including phenoxy) is 2. The number of hydrogen-bond acceptors (Lipinski definition) is 4. The lowest BCUT2D eigenvalue weighted by Gasteiger charge is -2.35. The second kappa shape index (κ2) is 10.8. The maximum Gasteiger partial charge on any atom is 0.251 e. The van der Waals surface area contributed by atoms with Gasteiger partial charge in [-0.15, -0.1) is 0 Å². The molecule has 1 aliphatic rings. The molecule has 0 aromatic heterocycles. The van der Waals surface area contributed by atoms with Gasteiger partial charge in [0.1, 0.15) is 18.5 Å². The van der Waals surface area contributed by atoms with Gasteiger partial charge in [-0.3, -0.25) is 9.69 Å². The Hall–Kier alpha value is -1.30. The maximum absolute atomic E-state index is 12.5. The van der Waals surface area contributed by atoms with Crippen molar-refractivity contribution >= 4 is 17.5 Å². The summed E-state index contributed by atoms with van der Waals surface area (Å²) >= 11 is 6.09. The van der Waals surface area contributed by atoms with Crippen molar-refractivity contribution in [2.45, 2.75) is 33.3 Å². The topological polar surface area (TPSA) is 42.0 Å². The van der Waals surface area contributed by atoms with E-state index in [1.54, 1.807) is 0 Å². The third-order valence-corrected chi connectivity index (χ3v) is 4.91. The average Bonchev–Trinajstić information content (AvgIpc) is 2.63. The fourth-order valence-corrected chi connectivity index (χ4v) is 3.04. The summed E-state index contributed by atoms with van der Waals surface area (Å²) in [6.45, 7) is 11.4. The van der Waals surface area contributed by atoms with Crippen molar-refractivity contribution in [3.8, 4) is 5.75 Å². The van der Waals surface area contributed by atoms with Crippen LogP contribution in [0.15, 0.2) is 24.3 Å². The highest BCUT2D eigenvalue weighted by Gasteiger charge is 2.25. The molecule has 0 aliphatic carbocycles. The van der Waals surface area contributed by atoms with Gasteiger partial charge >= 0.3 is 0 Å². The molecule has 1 unspecified atom stereocenters. The first-order valence-electron chi connectivity index (χ1n) is 9.47. The molecule has 1 aromatic rings. The first kappa shape index (κ1) is 21.0. The van der Waals surface area contributed by atoms with Crippen LogP contribution in [-0.4, -0.2) is 67.7 Å². The molecule has 0 radical (unpaired) electrons. The minimum Gasteiger partial charge on any atom is -0.491 e. The van der Waals surface area contributed by atoms with Crippen LogP contribution in [0, 0.1) is 5.92 Å². The summed E-state index contributed by atoms with van der Waals surface area (Å²) in [7, 11) is 0. The molecule has 146 valence electrons. The molecule has 1 heterocycles. The van der Waals surface area contributed by atoms with E-state index in [1.165, 1.54) is 0 Å². The standard InChI is InChI=1S/C20H31ClN2O3/c1-16(2)8-14-25-17(3)20(24)23-11-9-22(10-12-23)13-15-26-19-7-5-4-6-18(19)21/h4-7,16-17H,8-15H2,1-3H3. The molecule has 2 rings (SSSR count). The number of para-hydroxylation sites is 1. The van der Waals surface area contributed by atoms with E-state index in [1.807, 2.05) is 36.1 Å². The van der Waals surface area contributed by atoms with E-state index in [2.05, 4.69) is 18.7 Å². The van der Waals surface area contributed by atoms with E-state index in [0.717, 1.165) is 44.9 Å². The van der Waals surface area contributed by atoms with Crippen LogP contribution in [0.2, 0.25) is 5.02 Å². The van der Waals surface area contributed by atoms with Crippen LogP contribution in [-0.2, 0) is 9.53 Å². The average molecular weight is 383 g/mol. The maximum atomic E-state index is 12.5. The highest BCUT2D eigenvalue weighted by atomic mass is 35.5. The number of carbonyl (C=O) groups is 1. The number of rotatable bonds is 9. The number of hydrogen-bond donors (Lipinski definition) is 0. The van der Waals surface area contributed by atoms with Gasteiger partial charge in [-0.05, 0) is 31.4 Å². The Bertz CT molecular complexity index is 560. The second-order valence-corrected chi connectivity index (χ2v) is 7.55. The highest BCUT2D eigenvalue weighted by Crippen LogP contribution is 2.22. The number of amides is 1. The van der Waals surface area contributed by atoms with Crippen molar-refractivity contribution in [2.24, 2.45) is 5.92 Å². The van der Waals surface area contributed by atoms with Gasteiger partial charge in [0, 0.05) is 39.3 Å². The molecule has 1 atom stereocenters. The summed E-state index contributed by atoms with van der Waals surface area (Å²) in [5.74, 6) is 1.41. The molecule has 0 saturated carbocycles. The summed E-state index contributed by atoms with van der Waals surface area (Å²) in [6, 6.07) is 7.50. The number of piperazine rings is 1. The zero-order valence-corrected chi connectivity index (χ0v) is 16.9. The van der Waals surface area contributed by atoms with Crippen LogP contribution in [0.5, 0.6) is 5.75 Å². The molecule has 5 nitrogen and oxygen atoms in total. The van der Waals surface area contributed by atoms with Gasteiger partial charge in [0.15, 0.2) is 0 Å². The van der Waals surface area contributed by atoms with Crippen molar-refractivity contribution in [3.05, 3.63) is 29.3 Å². The summed E-state index contributed by atoms with van der Waals surface area (Å²) in [5, 5.41) is 0.634. The predicted octanol–water partition coefficient (Wildman–Crippen LogP) is 3.31. The largest absolute Gasteiger partial charge is 0.491 e. The number of carbonyl (C=O) groups excluding carboxylic acids is 1. The van der Waals surface area contributed by atoms with Crippen molar-refractivity contribution in [3.63, 3.8) is 0 Å². The van der Waals surface area contributed by atoms with Gasteiger partial charge in [-0.2, -0.15) is 0 Å². The van der Waals surface area contributed by atoms with Crippen LogP contribution >= 0.6 is 11.6 Å². The zero-order chi connectivity index (χ0) is 18.9. The molecule has 1 fully saturated rings. The summed E-state index contributed by atoms with van der Waals surface area (Å²) < 4.78 is 11.4. The molecule has 1 amide bonds. The summed E-state index contributed by atoms with van der Waals surface area (Å²) in [4.78, 5) is 16.7. The van der Waals surface area contributed by atoms with E-state index in [9.17, 15) is 4.79 Å². The fraction of sp³-hybridized carbons (Fsp3) is 0.650. The lowest BCUT2D eigenvalue weighted by atomic mass is 10.1. The van der Waals surface area contributed by atoms with Gasteiger partial charge in [-0.25, -0.2) is 0 Å². The van der Waals surface area contributed by atoms with Crippen molar-refractivity contribution in [1.29, 1.82) is 0 Å². The van der Waals surface area contributed by atoms with Crippen molar-refractivity contribution in [2.75, 3.05) is 45.9 Å². The Morgan fingerprint density at radius 1 is 1.12 bits per heavy atom. The minimum atomic E-state index is -0.358. The summed E-state index contributed by atoms with van der Waals surface area (Å²) in [5.41, 5.74) is 0. The fourth-order valence-electron chi connectivity index (χ4n) is 2.85. The third-order valence-electron chi connectivity index (χ3n) is 4.60. The van der Waals surface area contributed by atoms with E-state index >= 15 is 0 Å². The quantitative estimate of drug-likeness (QED) is 0.657. The van der Waals surface area contributed by atoms with E-state index in [4.69, 9.17) is 21.1 Å². The van der Waals surface area contributed by atoms with Gasteiger partial charge in [0.25, 0.3) is 5.91 Å². The SMILES string of the molecule is CC(C)CCOC(C)C(=O)N1CCN(CCOc2ccccc2Cl)CC1. The van der Waals surface area contributed by atoms with E-state index in [0.29, 0.717) is 24.2 Å². The molecular weight excluding hydrogens is 352 g/mol. The first-order chi connectivity index (χ1) is 12.5. The molecule has 0 spiro atoms. The number of benzene rings is 1. The van der Waals surface area contributed by atoms with Crippen LogP contribution in [0.3, 0.4) is 0 Å².